The molecule has 0 spiro atoms. The summed E-state index contributed by atoms with van der Waals surface area (Å²) >= 11 is 0. The van der Waals surface area contributed by atoms with Crippen LogP contribution < -0.4 is 0 Å². The molecule has 1 aliphatic heterocycles. The molecule has 0 N–H and O–H groups in total. The summed E-state index contributed by atoms with van der Waals surface area (Å²) in [4.78, 5) is 13.1. The molecular weight excluding hydrogens is 206 g/mol. The highest BCUT2D eigenvalue weighted by molar-refractivity contribution is 5.66. The van der Waals surface area contributed by atoms with Crippen molar-refractivity contribution in [2.75, 3.05) is 27.2 Å². The maximum Gasteiger partial charge on any atom is 0.302 e. The van der Waals surface area contributed by atoms with Gasteiger partial charge in [-0.15, -0.1) is 0 Å². The standard InChI is InChI=1S/C12H21NO3/c1-8(14)16-10-4-11-9(6-13(2)3)7-15-12(11)5-10/h9-12H,4-7H2,1-3H3. The van der Waals surface area contributed by atoms with Gasteiger partial charge >= 0.3 is 5.97 Å². The lowest BCUT2D eigenvalue weighted by molar-refractivity contribution is -0.146. The van der Waals surface area contributed by atoms with Crippen LogP contribution in [0.15, 0.2) is 0 Å². The van der Waals surface area contributed by atoms with Crippen molar-refractivity contribution < 1.29 is 14.3 Å². The van der Waals surface area contributed by atoms with Gasteiger partial charge in [0.05, 0.1) is 12.7 Å². The Morgan fingerprint density at radius 1 is 1.44 bits per heavy atom. The summed E-state index contributed by atoms with van der Waals surface area (Å²) < 4.78 is 11.1. The van der Waals surface area contributed by atoms with Crippen molar-refractivity contribution in [3.8, 4) is 0 Å². The fraction of sp³-hybridized carbons (Fsp3) is 0.917. The van der Waals surface area contributed by atoms with Gasteiger partial charge in [0.15, 0.2) is 0 Å². The van der Waals surface area contributed by atoms with Crippen LogP contribution in [0.5, 0.6) is 0 Å². The van der Waals surface area contributed by atoms with E-state index in [1.54, 1.807) is 0 Å². The Balaban J connectivity index is 1.88. The molecule has 2 fully saturated rings. The molecule has 0 radical (unpaired) electrons. The van der Waals surface area contributed by atoms with Crippen molar-refractivity contribution in [2.45, 2.75) is 32.0 Å². The third kappa shape index (κ3) is 2.55. The number of hydrogen-bond acceptors (Lipinski definition) is 4. The van der Waals surface area contributed by atoms with Gasteiger partial charge in [-0.25, -0.2) is 0 Å². The van der Waals surface area contributed by atoms with Crippen LogP contribution in [0.1, 0.15) is 19.8 Å². The summed E-state index contributed by atoms with van der Waals surface area (Å²) in [7, 11) is 4.18. The molecule has 1 saturated carbocycles. The van der Waals surface area contributed by atoms with E-state index in [1.807, 2.05) is 0 Å². The molecular formula is C12H21NO3. The number of nitrogens with zero attached hydrogens (tertiary/aromatic N) is 1. The Labute approximate surface area is 96.9 Å². The number of ether oxygens (including phenoxy) is 2. The maximum absolute atomic E-state index is 10.9. The zero-order chi connectivity index (χ0) is 11.7. The van der Waals surface area contributed by atoms with Crippen LogP contribution in [-0.4, -0.2) is 50.3 Å². The smallest absolute Gasteiger partial charge is 0.302 e. The molecule has 0 amide bonds. The minimum Gasteiger partial charge on any atom is -0.462 e. The summed E-state index contributed by atoms with van der Waals surface area (Å²) in [6, 6.07) is 0. The average molecular weight is 227 g/mol. The van der Waals surface area contributed by atoms with E-state index in [0.717, 1.165) is 26.0 Å². The number of rotatable bonds is 3. The van der Waals surface area contributed by atoms with Crippen LogP contribution in [0.2, 0.25) is 0 Å². The minimum absolute atomic E-state index is 0.0810. The molecule has 1 heterocycles. The third-order valence-electron chi connectivity index (χ3n) is 3.57. The van der Waals surface area contributed by atoms with Crippen molar-refractivity contribution >= 4 is 5.97 Å². The zero-order valence-electron chi connectivity index (χ0n) is 10.3. The van der Waals surface area contributed by atoms with Crippen LogP contribution in [0.25, 0.3) is 0 Å². The van der Waals surface area contributed by atoms with Gasteiger partial charge in [0, 0.05) is 25.8 Å². The van der Waals surface area contributed by atoms with Gasteiger partial charge in [-0.1, -0.05) is 0 Å². The maximum atomic E-state index is 10.9. The fourth-order valence-electron chi connectivity index (χ4n) is 3.03. The highest BCUT2D eigenvalue weighted by Crippen LogP contribution is 2.41. The highest BCUT2D eigenvalue weighted by atomic mass is 16.5. The summed E-state index contributed by atoms with van der Waals surface area (Å²) in [6.07, 6.45) is 2.25. The van der Waals surface area contributed by atoms with E-state index < -0.39 is 0 Å². The average Bonchev–Trinajstić information content (AvgIpc) is 2.66. The van der Waals surface area contributed by atoms with Gasteiger partial charge < -0.3 is 14.4 Å². The Bertz CT molecular complexity index is 267. The van der Waals surface area contributed by atoms with Gasteiger partial charge in [-0.2, -0.15) is 0 Å². The Hall–Kier alpha value is -0.610. The number of fused-ring (bicyclic) bond motifs is 1. The summed E-state index contributed by atoms with van der Waals surface area (Å²) in [5.74, 6) is 1.00. The monoisotopic (exact) mass is 227 g/mol. The van der Waals surface area contributed by atoms with E-state index in [9.17, 15) is 4.79 Å². The molecule has 4 heteroatoms. The van der Waals surface area contributed by atoms with E-state index in [2.05, 4.69) is 19.0 Å². The SMILES string of the molecule is CC(=O)OC1CC2OCC(CN(C)C)C2C1. The zero-order valence-corrected chi connectivity index (χ0v) is 10.3. The summed E-state index contributed by atoms with van der Waals surface area (Å²) in [5, 5.41) is 0. The lowest BCUT2D eigenvalue weighted by atomic mass is 9.92. The number of hydrogen-bond donors (Lipinski definition) is 0. The molecule has 1 aliphatic carbocycles. The molecule has 1 saturated heterocycles. The topological polar surface area (TPSA) is 38.8 Å². The summed E-state index contributed by atoms with van der Waals surface area (Å²) in [5.41, 5.74) is 0. The van der Waals surface area contributed by atoms with E-state index in [1.165, 1.54) is 6.92 Å². The van der Waals surface area contributed by atoms with E-state index in [-0.39, 0.29) is 12.1 Å². The second-order valence-electron chi connectivity index (χ2n) is 5.26. The van der Waals surface area contributed by atoms with Gasteiger partial charge in [0.2, 0.25) is 0 Å². The van der Waals surface area contributed by atoms with Crippen molar-refractivity contribution in [3.05, 3.63) is 0 Å². The van der Waals surface area contributed by atoms with Crippen LogP contribution in [0.4, 0.5) is 0 Å². The van der Waals surface area contributed by atoms with E-state index in [0.29, 0.717) is 17.9 Å². The molecule has 16 heavy (non-hydrogen) atoms. The first-order chi connectivity index (χ1) is 7.56. The van der Waals surface area contributed by atoms with Gasteiger partial charge in [0.25, 0.3) is 0 Å². The van der Waals surface area contributed by atoms with Crippen LogP contribution in [-0.2, 0) is 14.3 Å². The molecule has 0 aromatic heterocycles. The normalized spacial score (nSPS) is 37.8. The number of carbonyl (C=O) groups is 1. The molecule has 0 bridgehead atoms. The van der Waals surface area contributed by atoms with Crippen molar-refractivity contribution in [2.24, 2.45) is 11.8 Å². The lowest BCUT2D eigenvalue weighted by Crippen LogP contribution is -2.27. The van der Waals surface area contributed by atoms with Crippen LogP contribution >= 0.6 is 0 Å². The summed E-state index contributed by atoms with van der Waals surface area (Å²) in [6.45, 7) is 3.40. The Kier molecular flexibility index (Phi) is 3.50. The van der Waals surface area contributed by atoms with Crippen molar-refractivity contribution in [1.29, 1.82) is 0 Å². The molecule has 2 aliphatic rings. The molecule has 0 aromatic carbocycles. The number of esters is 1. The fourth-order valence-corrected chi connectivity index (χ4v) is 3.03. The largest absolute Gasteiger partial charge is 0.462 e. The number of carbonyl (C=O) groups excluding carboxylic acids is 1. The first-order valence-electron chi connectivity index (χ1n) is 6.00. The lowest BCUT2D eigenvalue weighted by Gasteiger charge is -2.20. The second kappa shape index (κ2) is 4.72. The predicted molar refractivity (Wildman–Crippen MR) is 60.1 cm³/mol. The molecule has 0 aromatic rings. The van der Waals surface area contributed by atoms with Gasteiger partial charge in [-0.05, 0) is 26.4 Å². The van der Waals surface area contributed by atoms with Gasteiger partial charge in [-0.3, -0.25) is 4.79 Å². The second-order valence-corrected chi connectivity index (χ2v) is 5.26. The first-order valence-corrected chi connectivity index (χ1v) is 6.00. The minimum atomic E-state index is -0.172. The third-order valence-corrected chi connectivity index (χ3v) is 3.57. The first kappa shape index (κ1) is 11.9. The quantitative estimate of drug-likeness (QED) is 0.672. The van der Waals surface area contributed by atoms with Crippen molar-refractivity contribution in [1.82, 2.24) is 4.90 Å². The highest BCUT2D eigenvalue weighted by Gasteiger charge is 2.45. The van der Waals surface area contributed by atoms with Crippen LogP contribution in [0, 0.1) is 11.8 Å². The van der Waals surface area contributed by atoms with Crippen LogP contribution in [0.3, 0.4) is 0 Å². The Morgan fingerprint density at radius 2 is 2.19 bits per heavy atom. The molecule has 4 atom stereocenters. The van der Waals surface area contributed by atoms with Crippen molar-refractivity contribution in [3.63, 3.8) is 0 Å². The molecule has 2 rings (SSSR count). The molecule has 4 nitrogen and oxygen atoms in total. The predicted octanol–water partition coefficient (Wildman–Crippen LogP) is 0.905. The Morgan fingerprint density at radius 3 is 2.81 bits per heavy atom. The van der Waals surface area contributed by atoms with E-state index in [4.69, 9.17) is 9.47 Å². The molecule has 4 unspecified atom stereocenters. The molecule has 92 valence electrons. The van der Waals surface area contributed by atoms with Gasteiger partial charge in [0.1, 0.15) is 6.10 Å². The van der Waals surface area contributed by atoms with E-state index >= 15 is 0 Å².